The number of imidazole rings is 2. The van der Waals surface area contributed by atoms with Crippen LogP contribution in [-0.2, 0) is 4.74 Å². The molecule has 2 aliphatic heterocycles. The topological polar surface area (TPSA) is 238 Å². The summed E-state index contributed by atoms with van der Waals surface area (Å²) < 4.78 is 9.25. The third-order valence-corrected chi connectivity index (χ3v) is 11.4. The maximum absolute atomic E-state index is 12.7. The van der Waals surface area contributed by atoms with Gasteiger partial charge in [0, 0.05) is 50.0 Å². The molecule has 18 nitrogen and oxygen atoms in total. The third kappa shape index (κ3) is 8.39. The first kappa shape index (κ1) is 43.5. The number of fused-ring (bicyclic) bond motifs is 10. The number of amides is 1. The number of nitrogens with one attached hydrogen (secondary N) is 1. The Kier molecular flexibility index (Phi) is 13.4. The van der Waals surface area contributed by atoms with Gasteiger partial charge >= 0.3 is 5.97 Å². The lowest BCUT2D eigenvalue weighted by molar-refractivity contribution is 0.0528. The van der Waals surface area contributed by atoms with Gasteiger partial charge in [0.2, 0.25) is 0 Å². The minimum absolute atomic E-state index is 0. The molecule has 2 fully saturated rings. The molecule has 0 aliphatic carbocycles. The molecule has 0 unspecified atom stereocenters. The Morgan fingerprint density at radius 2 is 1.08 bits per heavy atom. The molecule has 0 bridgehead atoms. The number of hydrogen-bond donors (Lipinski definition) is 4. The SMILES string of the molecule is CCOC(=O)c1cc2ccc(N3CCCN(C)CC3)nc2n2c1nc1ccccc12.CN1CCCN(c2ccc3cc(C(=O)NN)c4nc5ccccc5n4c3n2)CC1.NN.O. The number of rotatable bonds is 5. The van der Waals surface area contributed by atoms with Crippen molar-refractivity contribution in [2.45, 2.75) is 19.8 Å². The molecule has 0 radical (unpaired) electrons. The average Bonchev–Trinajstić information content (AvgIpc) is 3.71. The van der Waals surface area contributed by atoms with Crippen LogP contribution in [0.25, 0.3) is 55.4 Å². The van der Waals surface area contributed by atoms with Crippen molar-refractivity contribution in [3.05, 3.63) is 96.1 Å². The second-order valence-electron chi connectivity index (χ2n) is 15.3. The molecule has 18 heteroatoms. The van der Waals surface area contributed by atoms with Crippen molar-refractivity contribution in [3.63, 3.8) is 0 Å². The van der Waals surface area contributed by atoms with Crippen LogP contribution in [0.1, 0.15) is 40.5 Å². The highest BCUT2D eigenvalue weighted by Crippen LogP contribution is 2.30. The number of aromatic nitrogens is 6. The summed E-state index contributed by atoms with van der Waals surface area (Å²) in [6.45, 7) is 10.2. The maximum Gasteiger partial charge on any atom is 0.341 e. The molecule has 8 heterocycles. The van der Waals surface area contributed by atoms with Crippen molar-refractivity contribution < 1.29 is 19.8 Å². The smallest absolute Gasteiger partial charge is 0.341 e. The van der Waals surface area contributed by atoms with E-state index in [9.17, 15) is 9.59 Å². The van der Waals surface area contributed by atoms with E-state index in [2.05, 4.69) is 55.8 Å². The number of nitrogens with zero attached hydrogens (tertiary/aromatic N) is 10. The van der Waals surface area contributed by atoms with Gasteiger partial charge in [-0.1, -0.05) is 24.3 Å². The van der Waals surface area contributed by atoms with Gasteiger partial charge in [-0.3, -0.25) is 30.7 Å². The Bertz CT molecular complexity index is 2880. The number of hydrazine groups is 2. The predicted octanol–water partition coefficient (Wildman–Crippen LogP) is 3.13. The van der Waals surface area contributed by atoms with Gasteiger partial charge in [-0.05, 0) is 108 Å². The number of hydrogen-bond acceptors (Lipinski definition) is 14. The molecule has 62 heavy (non-hydrogen) atoms. The summed E-state index contributed by atoms with van der Waals surface area (Å²) in [7, 11) is 4.32. The number of benzene rings is 2. The molecule has 9 N–H and O–H groups in total. The molecule has 8 aromatic rings. The first-order chi connectivity index (χ1) is 29.8. The molecule has 2 aliphatic rings. The number of para-hydroxylation sites is 4. The number of nitrogens with two attached hydrogens (primary N) is 3. The van der Waals surface area contributed by atoms with E-state index in [4.69, 9.17) is 25.5 Å². The molecular formula is C44H54N14O4. The minimum atomic E-state index is -0.369. The average molecular weight is 843 g/mol. The molecule has 2 aromatic carbocycles. The lowest BCUT2D eigenvalue weighted by Crippen LogP contribution is -2.30. The van der Waals surface area contributed by atoms with Crippen LogP contribution >= 0.6 is 0 Å². The van der Waals surface area contributed by atoms with Crippen molar-refractivity contribution in [3.8, 4) is 0 Å². The second-order valence-corrected chi connectivity index (χ2v) is 15.3. The van der Waals surface area contributed by atoms with E-state index in [0.29, 0.717) is 29.0 Å². The molecule has 6 aromatic heterocycles. The van der Waals surface area contributed by atoms with Gasteiger partial charge in [0.05, 0.1) is 34.2 Å². The third-order valence-electron chi connectivity index (χ3n) is 11.4. The van der Waals surface area contributed by atoms with E-state index in [1.165, 1.54) is 0 Å². The monoisotopic (exact) mass is 842 g/mol. The van der Waals surface area contributed by atoms with Crippen molar-refractivity contribution in [2.75, 3.05) is 82.9 Å². The normalized spacial score (nSPS) is 15.1. The molecule has 2 saturated heterocycles. The van der Waals surface area contributed by atoms with Crippen molar-refractivity contribution in [1.82, 2.24) is 44.0 Å². The summed E-state index contributed by atoms with van der Waals surface area (Å²) in [5, 5.41) is 1.76. The Hall–Kier alpha value is -6.54. The van der Waals surface area contributed by atoms with Gasteiger partial charge < -0.3 is 29.8 Å². The molecule has 0 spiro atoms. The van der Waals surface area contributed by atoms with E-state index >= 15 is 0 Å². The Morgan fingerprint density at radius 1 is 0.613 bits per heavy atom. The second kappa shape index (κ2) is 19.0. The first-order valence-corrected chi connectivity index (χ1v) is 20.6. The van der Waals surface area contributed by atoms with Gasteiger partial charge in [0.15, 0.2) is 11.3 Å². The lowest BCUT2D eigenvalue weighted by atomic mass is 10.2. The summed E-state index contributed by atoms with van der Waals surface area (Å²) in [6, 6.07) is 27.5. The van der Waals surface area contributed by atoms with Gasteiger partial charge in [-0.15, -0.1) is 0 Å². The number of carbonyl (C=O) groups excluding carboxylic acids is 2. The van der Waals surface area contributed by atoms with Crippen LogP contribution in [0.15, 0.2) is 84.9 Å². The van der Waals surface area contributed by atoms with Gasteiger partial charge in [-0.2, -0.15) is 0 Å². The molecule has 10 rings (SSSR count). The van der Waals surface area contributed by atoms with Crippen LogP contribution in [0.5, 0.6) is 0 Å². The summed E-state index contributed by atoms with van der Waals surface area (Å²) in [5.74, 6) is 14.6. The summed E-state index contributed by atoms with van der Waals surface area (Å²) in [4.78, 5) is 53.9. The quantitative estimate of drug-likeness (QED) is 0.0844. The zero-order chi connectivity index (χ0) is 42.6. The number of ether oxygens (including phenoxy) is 1. The van der Waals surface area contributed by atoms with E-state index in [-0.39, 0.29) is 17.4 Å². The van der Waals surface area contributed by atoms with Crippen molar-refractivity contribution >= 4 is 78.9 Å². The van der Waals surface area contributed by atoms with Crippen molar-refractivity contribution in [1.29, 1.82) is 0 Å². The fourth-order valence-electron chi connectivity index (χ4n) is 8.27. The van der Waals surface area contributed by atoms with Crippen LogP contribution < -0.4 is 32.8 Å². The number of nitrogen functional groups attached to an aromatic ring is 1. The number of anilines is 2. The van der Waals surface area contributed by atoms with Gasteiger partial charge in [0.1, 0.15) is 28.5 Å². The maximum atomic E-state index is 12.7. The Balaban J connectivity index is 0.000000177. The van der Waals surface area contributed by atoms with E-state index in [1.807, 2.05) is 101 Å². The first-order valence-electron chi connectivity index (χ1n) is 20.6. The number of esters is 1. The zero-order valence-corrected chi connectivity index (χ0v) is 35.3. The molecule has 324 valence electrons. The van der Waals surface area contributed by atoms with Crippen LogP contribution in [0.2, 0.25) is 0 Å². The van der Waals surface area contributed by atoms with Crippen LogP contribution in [0.4, 0.5) is 11.6 Å². The summed E-state index contributed by atoms with van der Waals surface area (Å²) in [6.07, 6.45) is 2.22. The van der Waals surface area contributed by atoms with E-state index in [0.717, 1.165) is 121 Å². The largest absolute Gasteiger partial charge is 0.462 e. The minimum Gasteiger partial charge on any atom is -0.462 e. The van der Waals surface area contributed by atoms with Crippen LogP contribution in [0.3, 0.4) is 0 Å². The molecule has 0 atom stereocenters. The highest BCUT2D eigenvalue weighted by molar-refractivity contribution is 6.06. The molecular weight excluding hydrogens is 789 g/mol. The molecule has 0 saturated carbocycles. The Morgan fingerprint density at radius 3 is 1.56 bits per heavy atom. The number of pyridine rings is 4. The fraction of sp³-hybridized carbons (Fsp3) is 0.318. The van der Waals surface area contributed by atoms with Crippen LogP contribution in [0, 0.1) is 0 Å². The van der Waals surface area contributed by atoms with Crippen LogP contribution in [-0.4, -0.2) is 129 Å². The predicted molar refractivity (Wildman–Crippen MR) is 244 cm³/mol. The van der Waals surface area contributed by atoms with Gasteiger partial charge in [0.25, 0.3) is 5.91 Å². The lowest BCUT2D eigenvalue weighted by Gasteiger charge is -2.22. The van der Waals surface area contributed by atoms with Gasteiger partial charge in [-0.25, -0.2) is 30.6 Å². The van der Waals surface area contributed by atoms with Crippen molar-refractivity contribution in [2.24, 2.45) is 17.5 Å². The summed E-state index contributed by atoms with van der Waals surface area (Å²) in [5.41, 5.74) is 9.36. The zero-order valence-electron chi connectivity index (χ0n) is 35.3. The standard InChI is InChI=1S/C23H25N5O2.C21H23N7O.H4N2.H2O/c1-3-30-23(29)17-15-16-9-10-20(27-12-6-11-26(2)13-14-27)25-21(16)28-19-8-5-4-7-18(19)24-22(17)28;1-26-9-4-10-27(12-11-26)18-8-7-14-13-15(21(29)25-22)20-23-16-5-2-3-6-17(16)28(20)19(14)24-18;1-2;/h4-5,7-10,15H,3,6,11-14H2,1-2H3;2-3,5-8,13H,4,9-12,22H2,1H3,(H,25,29);1-2H2;1H2. The Labute approximate surface area is 358 Å². The molecule has 1 amide bonds. The number of likely N-dealkylation sites (N-methyl/N-ethyl adjacent to an activating group) is 2. The summed E-state index contributed by atoms with van der Waals surface area (Å²) >= 11 is 0. The van der Waals surface area contributed by atoms with E-state index < -0.39 is 0 Å². The highest BCUT2D eigenvalue weighted by atomic mass is 16.5. The highest BCUT2D eigenvalue weighted by Gasteiger charge is 2.22. The fourth-order valence-corrected chi connectivity index (χ4v) is 8.27. The number of carbonyl (C=O) groups is 2. The van der Waals surface area contributed by atoms with E-state index in [1.54, 1.807) is 0 Å².